The van der Waals surface area contributed by atoms with Gasteiger partial charge in [-0.1, -0.05) is 0 Å². The summed E-state index contributed by atoms with van der Waals surface area (Å²) in [4.78, 5) is 108. The van der Waals surface area contributed by atoms with Gasteiger partial charge in [-0.25, -0.2) is 54.1 Å². The SMILES string of the molecule is CCOC(=O)N(CCCOC)c1c(C(=O)c2cnc(Br)nc2)oc2ncc(-c3cnn(C)c3)cc12.CCOC(=O)c1oc2ncc(-c3cnn(C)c3)cc2c1N(CCCOC)C(=O)OCC.COCCCn1c(=O)nc(-c2cnc(N3CCN(C)CC3)cn2)c2oc3ncc(-c4cnn(C)c4)cc3c21. The number of carbonyl (C=O) groups is 4. The van der Waals surface area contributed by atoms with E-state index in [1.165, 1.54) is 22.2 Å². The lowest BCUT2D eigenvalue weighted by atomic mass is 10.1. The zero-order valence-electron chi connectivity index (χ0n) is 59.1. The molecule has 0 N–H and O–H groups in total. The lowest BCUT2D eigenvalue weighted by Gasteiger charge is -2.32. The molecule has 0 spiro atoms. The van der Waals surface area contributed by atoms with Gasteiger partial charge in [-0.05, 0) is 81.2 Å². The van der Waals surface area contributed by atoms with Crippen LogP contribution in [0.4, 0.5) is 26.8 Å². The number of piperazine rings is 1. The molecule has 0 radical (unpaired) electrons. The van der Waals surface area contributed by atoms with E-state index in [2.05, 4.69) is 87.9 Å². The van der Waals surface area contributed by atoms with Crippen LogP contribution < -0.4 is 20.4 Å². The van der Waals surface area contributed by atoms with Crippen molar-refractivity contribution in [3.8, 4) is 44.8 Å². The van der Waals surface area contributed by atoms with E-state index in [4.69, 9.17) is 41.7 Å². The summed E-state index contributed by atoms with van der Waals surface area (Å²) in [5.41, 5.74) is 8.06. The molecular formula is C70H78BrN19O14. The highest BCUT2D eigenvalue weighted by atomic mass is 79.9. The summed E-state index contributed by atoms with van der Waals surface area (Å²) in [7, 11) is 12.4. The fourth-order valence-corrected chi connectivity index (χ4v) is 11.7. The number of halogens is 1. The van der Waals surface area contributed by atoms with Gasteiger partial charge in [0.05, 0.1) is 72.5 Å². The van der Waals surface area contributed by atoms with Crippen molar-refractivity contribution in [2.24, 2.45) is 21.1 Å². The molecule has 1 fully saturated rings. The van der Waals surface area contributed by atoms with Crippen molar-refractivity contribution < 1.29 is 60.9 Å². The van der Waals surface area contributed by atoms with Crippen LogP contribution in [0.15, 0.2) is 122 Å². The summed E-state index contributed by atoms with van der Waals surface area (Å²) in [6.45, 7) is 11.6. The third-order valence-electron chi connectivity index (χ3n) is 16.6. The minimum Gasteiger partial charge on any atom is -0.460 e. The smallest absolute Gasteiger partial charge is 0.414 e. The normalized spacial score (nSPS) is 12.4. The van der Waals surface area contributed by atoms with Crippen molar-refractivity contribution in [1.29, 1.82) is 0 Å². The summed E-state index contributed by atoms with van der Waals surface area (Å²) in [6.07, 6.45) is 22.4. The molecule has 104 heavy (non-hydrogen) atoms. The van der Waals surface area contributed by atoms with E-state index in [9.17, 15) is 24.0 Å². The van der Waals surface area contributed by atoms with Crippen molar-refractivity contribution in [2.45, 2.75) is 46.6 Å². The molecule has 12 aromatic heterocycles. The van der Waals surface area contributed by atoms with Gasteiger partial charge in [0.2, 0.25) is 34.4 Å². The minimum absolute atomic E-state index is 0.0628. The maximum Gasteiger partial charge on any atom is 0.414 e. The number of aryl methyl sites for hydroxylation is 4. The number of furan rings is 3. The molecule has 544 valence electrons. The number of aromatic nitrogens is 15. The maximum atomic E-state index is 13.5. The molecule has 0 saturated carbocycles. The van der Waals surface area contributed by atoms with Crippen molar-refractivity contribution in [3.05, 3.63) is 131 Å². The lowest BCUT2D eigenvalue weighted by molar-refractivity contribution is 0.0493. The van der Waals surface area contributed by atoms with E-state index in [0.29, 0.717) is 89.3 Å². The average molecular weight is 1490 g/mol. The van der Waals surface area contributed by atoms with E-state index in [1.807, 2.05) is 57.9 Å². The van der Waals surface area contributed by atoms with Gasteiger partial charge in [0.25, 0.3) is 0 Å². The molecule has 1 aliphatic rings. The zero-order chi connectivity index (χ0) is 73.6. The van der Waals surface area contributed by atoms with Gasteiger partial charge in [-0.15, -0.1) is 0 Å². The number of rotatable bonds is 25. The van der Waals surface area contributed by atoms with Crippen molar-refractivity contribution in [3.63, 3.8) is 0 Å². The Hall–Kier alpha value is -11.2. The molecule has 0 atom stereocenters. The van der Waals surface area contributed by atoms with Gasteiger partial charge in [0.15, 0.2) is 10.3 Å². The van der Waals surface area contributed by atoms with Gasteiger partial charge in [-0.2, -0.15) is 20.3 Å². The Labute approximate surface area is 603 Å². The summed E-state index contributed by atoms with van der Waals surface area (Å²) in [6, 6.07) is 5.60. The van der Waals surface area contributed by atoms with E-state index >= 15 is 0 Å². The summed E-state index contributed by atoms with van der Waals surface area (Å²) >= 11 is 3.17. The monoisotopic (exact) mass is 1490 g/mol. The molecule has 33 nitrogen and oxygen atoms in total. The van der Waals surface area contributed by atoms with Gasteiger partial charge in [0.1, 0.15) is 34.1 Å². The van der Waals surface area contributed by atoms with E-state index < -0.39 is 23.9 Å². The maximum absolute atomic E-state index is 13.5. The Kier molecular flexibility index (Phi) is 24.3. The third kappa shape index (κ3) is 16.8. The van der Waals surface area contributed by atoms with Crippen LogP contribution in [0, 0.1) is 0 Å². The number of ketones is 1. The molecule has 0 unspecified atom stereocenters. The number of amides is 2. The van der Waals surface area contributed by atoms with Gasteiger partial charge >= 0.3 is 23.8 Å². The summed E-state index contributed by atoms with van der Waals surface area (Å²) < 4.78 is 56.2. The van der Waals surface area contributed by atoms with Crippen molar-refractivity contribution in [1.82, 2.24) is 78.7 Å². The zero-order valence-corrected chi connectivity index (χ0v) is 60.7. The molecule has 0 aliphatic carbocycles. The van der Waals surface area contributed by atoms with Crippen LogP contribution in [0.25, 0.3) is 89.2 Å². The van der Waals surface area contributed by atoms with Crippen LogP contribution in [0.1, 0.15) is 66.7 Å². The fourth-order valence-electron chi connectivity index (χ4n) is 11.5. The Balaban J connectivity index is 0.000000157. The van der Waals surface area contributed by atoms with Crippen molar-refractivity contribution >= 4 is 101 Å². The quantitative estimate of drug-likeness (QED) is 0.0169. The highest BCUT2D eigenvalue weighted by molar-refractivity contribution is 9.10. The Morgan fingerprint density at radius 3 is 1.48 bits per heavy atom. The summed E-state index contributed by atoms with van der Waals surface area (Å²) in [5, 5.41) is 14.4. The second-order valence-electron chi connectivity index (χ2n) is 23.8. The highest BCUT2D eigenvalue weighted by Crippen LogP contribution is 2.40. The molecule has 34 heteroatoms. The molecule has 2 amide bonds. The highest BCUT2D eigenvalue weighted by Gasteiger charge is 2.34. The molecule has 13 rings (SSSR count). The van der Waals surface area contributed by atoms with Crippen LogP contribution in [-0.4, -0.2) is 210 Å². The topological polar surface area (TPSA) is 355 Å². The lowest BCUT2D eigenvalue weighted by Crippen LogP contribution is -2.44. The first-order valence-electron chi connectivity index (χ1n) is 33.4. The van der Waals surface area contributed by atoms with E-state index in [0.717, 1.165) is 70.8 Å². The second kappa shape index (κ2) is 34.2. The predicted molar refractivity (Wildman–Crippen MR) is 386 cm³/mol. The first kappa shape index (κ1) is 74.0. The molecule has 0 aromatic carbocycles. The number of nitrogens with zero attached hydrogens (tertiary/aromatic N) is 19. The number of fused-ring (bicyclic) bond motifs is 5. The number of hydrogen-bond acceptors (Lipinski definition) is 27. The first-order chi connectivity index (χ1) is 50.4. The van der Waals surface area contributed by atoms with Gasteiger partial charge in [0, 0.05) is 191 Å². The molecule has 13 heterocycles. The average Bonchev–Trinajstić information content (AvgIpc) is 1.60. The van der Waals surface area contributed by atoms with Crippen LogP contribution >= 0.6 is 15.9 Å². The van der Waals surface area contributed by atoms with Crippen LogP contribution in [0.3, 0.4) is 0 Å². The first-order valence-corrected chi connectivity index (χ1v) is 34.2. The number of anilines is 3. The number of ether oxygens (including phenoxy) is 6. The minimum atomic E-state index is -0.681. The molecule has 12 aromatic rings. The number of pyridine rings is 3. The number of carbonyl (C=O) groups excluding carboxylic acids is 4. The second-order valence-corrected chi connectivity index (χ2v) is 24.5. The molecular weight excluding hydrogens is 1410 g/mol. The fraction of sp³-hybridized carbons (Fsp3) is 0.371. The predicted octanol–water partition coefficient (Wildman–Crippen LogP) is 9.60. The number of likely N-dealkylation sites (N-methyl/N-ethyl adjacent to an activating group) is 1. The molecule has 1 aliphatic heterocycles. The van der Waals surface area contributed by atoms with Gasteiger partial charge in [-0.3, -0.25) is 33.2 Å². The van der Waals surface area contributed by atoms with Gasteiger partial charge < -0.3 is 51.5 Å². The third-order valence-corrected chi connectivity index (χ3v) is 17.0. The largest absolute Gasteiger partial charge is 0.460 e. The Morgan fingerprint density at radius 2 is 1.01 bits per heavy atom. The van der Waals surface area contributed by atoms with Crippen LogP contribution in [0.2, 0.25) is 0 Å². The Morgan fingerprint density at radius 1 is 0.529 bits per heavy atom. The number of esters is 1. The van der Waals surface area contributed by atoms with E-state index in [-0.39, 0.29) is 78.5 Å². The number of hydrogen-bond donors (Lipinski definition) is 0. The Bertz CT molecular complexity index is 5040. The molecule has 0 bridgehead atoms. The van der Waals surface area contributed by atoms with Crippen LogP contribution in [0.5, 0.6) is 0 Å². The van der Waals surface area contributed by atoms with Crippen molar-refractivity contribution in [2.75, 3.05) is 122 Å². The van der Waals surface area contributed by atoms with Crippen LogP contribution in [-0.2, 0) is 56.1 Å². The van der Waals surface area contributed by atoms with E-state index in [1.54, 1.807) is 110 Å². The molecule has 1 saturated heterocycles. The number of methoxy groups -OCH3 is 3. The standard InChI is InChI=1S/C26H29N9O3.C23H23BrN6O5.C21H26N4O6/c1-32-6-8-34(9-7-32)21-15-27-20(14-28-21)22-24-23(35(26(36)31-22)5-4-10-37-3)19-11-17(12-29-25(19)38-24)18-13-30-33(2)16-18;1-4-34-23(32)30(6-5-7-33-3)18-17-8-14(16-12-28-29(2)13-16)9-25-21(17)35-20(18)19(31)15-10-26-22(24)27-11-15;1-5-29-20(26)18-17(25(8-7-9-28-4)21(27)30-6-2)16-10-14(11-22-19(16)31-18)15-12-23-24(3)13-15/h11-16H,4-10H2,1-3H3;8-13H,4-7H2,1-3H3;10-13H,5-9H2,1-4H3. The summed E-state index contributed by atoms with van der Waals surface area (Å²) in [5.74, 6) is -0.530.